The molecule has 2 aliphatic rings. The van der Waals surface area contributed by atoms with E-state index in [0.29, 0.717) is 60.6 Å². The van der Waals surface area contributed by atoms with Gasteiger partial charge in [-0.3, -0.25) is 4.39 Å². The van der Waals surface area contributed by atoms with Gasteiger partial charge in [-0.25, -0.2) is 13.6 Å². The largest absolute Gasteiger partial charge is 0.493 e. The van der Waals surface area contributed by atoms with E-state index < -0.39 is 17.6 Å². The molecule has 0 radical (unpaired) electrons. The van der Waals surface area contributed by atoms with Gasteiger partial charge in [0.1, 0.15) is 17.4 Å². The van der Waals surface area contributed by atoms with Gasteiger partial charge in [-0.2, -0.15) is 0 Å². The van der Waals surface area contributed by atoms with Gasteiger partial charge >= 0.3 is 5.97 Å². The summed E-state index contributed by atoms with van der Waals surface area (Å²) in [5.41, 5.74) is 3.63. The zero-order valence-electron chi connectivity index (χ0n) is 22.1. The highest BCUT2D eigenvalue weighted by atomic mass is 35.5. The van der Waals surface area contributed by atoms with Crippen LogP contribution in [-0.2, 0) is 6.42 Å². The van der Waals surface area contributed by atoms with Gasteiger partial charge in [0.05, 0.1) is 23.9 Å². The molecule has 0 saturated carbocycles. The number of hydrogen-bond donors (Lipinski definition) is 1. The molecule has 0 amide bonds. The fourth-order valence-corrected chi connectivity index (χ4v) is 6.08. The number of alkyl halides is 1. The van der Waals surface area contributed by atoms with Crippen LogP contribution in [0.15, 0.2) is 54.6 Å². The number of carboxylic acid groups (broad SMARTS) is 1. The number of benzene rings is 3. The van der Waals surface area contributed by atoms with Crippen molar-refractivity contribution in [2.24, 2.45) is 5.92 Å². The van der Waals surface area contributed by atoms with E-state index in [2.05, 4.69) is 4.90 Å². The first-order valence-electron chi connectivity index (χ1n) is 13.6. The molecular weight excluding hydrogens is 539 g/mol. The molecule has 1 heterocycles. The minimum Gasteiger partial charge on any atom is -0.493 e. The standard InChI is InChI=1S/C32H31ClF3NO3/c33-29-17-22(35)7-10-24(29)25-3-1-4-27-26(11-12-28(31(27)36)32(38)39)30(25)21-5-8-23(9-6-21)40-19-20-13-16-37(18-20)15-2-14-34/h5-12,17,20H,1-4,13-16,18-19H2,(H,38,39)/t20-/m0/s1. The predicted octanol–water partition coefficient (Wildman–Crippen LogP) is 7.67. The summed E-state index contributed by atoms with van der Waals surface area (Å²) in [6.45, 7) is 2.89. The Labute approximate surface area is 237 Å². The molecule has 0 bridgehead atoms. The van der Waals surface area contributed by atoms with Crippen LogP contribution in [0.3, 0.4) is 0 Å². The van der Waals surface area contributed by atoms with Crippen LogP contribution in [0.4, 0.5) is 13.2 Å². The van der Waals surface area contributed by atoms with Crippen molar-refractivity contribution in [1.82, 2.24) is 4.90 Å². The molecule has 0 spiro atoms. The summed E-state index contributed by atoms with van der Waals surface area (Å²) >= 11 is 6.49. The van der Waals surface area contributed by atoms with E-state index in [4.69, 9.17) is 16.3 Å². The maximum atomic E-state index is 15.4. The number of allylic oxidation sites excluding steroid dienone is 1. The lowest BCUT2D eigenvalue weighted by molar-refractivity contribution is 0.0691. The molecular formula is C32H31ClF3NO3. The molecule has 0 unspecified atom stereocenters. The maximum Gasteiger partial charge on any atom is 0.338 e. The van der Waals surface area contributed by atoms with Crippen molar-refractivity contribution in [1.29, 1.82) is 0 Å². The fraction of sp³-hybridized carbons (Fsp3) is 0.344. The molecule has 5 rings (SSSR count). The van der Waals surface area contributed by atoms with Crippen molar-refractivity contribution < 1.29 is 27.8 Å². The number of carboxylic acids is 1. The number of hydrogen-bond acceptors (Lipinski definition) is 3. The van der Waals surface area contributed by atoms with Crippen molar-refractivity contribution >= 4 is 28.7 Å². The third-order valence-corrected chi connectivity index (χ3v) is 8.07. The molecule has 210 valence electrons. The fourth-order valence-electron chi connectivity index (χ4n) is 5.80. The quantitative estimate of drug-likeness (QED) is 0.287. The number of ether oxygens (including phenoxy) is 1. The zero-order chi connectivity index (χ0) is 28.2. The van der Waals surface area contributed by atoms with Gasteiger partial charge in [-0.15, -0.1) is 0 Å². The van der Waals surface area contributed by atoms with Crippen LogP contribution in [0.1, 0.15) is 58.3 Å². The lowest BCUT2D eigenvalue weighted by Gasteiger charge is -2.19. The second-order valence-electron chi connectivity index (χ2n) is 10.4. The highest BCUT2D eigenvalue weighted by molar-refractivity contribution is 6.32. The third kappa shape index (κ3) is 6.06. The lowest BCUT2D eigenvalue weighted by Crippen LogP contribution is -2.23. The normalized spacial score (nSPS) is 17.6. The second-order valence-corrected chi connectivity index (χ2v) is 10.8. The first kappa shape index (κ1) is 28.2. The summed E-state index contributed by atoms with van der Waals surface area (Å²) in [4.78, 5) is 13.9. The Bertz CT molecular complexity index is 1420. The van der Waals surface area contributed by atoms with Crippen LogP contribution < -0.4 is 4.74 Å². The Morgan fingerprint density at radius 1 is 1.05 bits per heavy atom. The summed E-state index contributed by atoms with van der Waals surface area (Å²) in [6.07, 6.45) is 3.06. The molecule has 1 fully saturated rings. The summed E-state index contributed by atoms with van der Waals surface area (Å²) in [5, 5.41) is 9.75. The van der Waals surface area contributed by atoms with Crippen molar-refractivity contribution in [2.45, 2.75) is 32.1 Å². The Morgan fingerprint density at radius 2 is 1.82 bits per heavy atom. The first-order chi connectivity index (χ1) is 19.4. The topological polar surface area (TPSA) is 49.8 Å². The van der Waals surface area contributed by atoms with Crippen molar-refractivity contribution in [2.75, 3.05) is 32.9 Å². The van der Waals surface area contributed by atoms with Crippen molar-refractivity contribution in [3.8, 4) is 5.75 Å². The van der Waals surface area contributed by atoms with Crippen LogP contribution in [0, 0.1) is 17.6 Å². The minimum atomic E-state index is -1.31. The predicted molar refractivity (Wildman–Crippen MR) is 151 cm³/mol. The molecule has 4 nitrogen and oxygen atoms in total. The van der Waals surface area contributed by atoms with Gasteiger partial charge in [-0.1, -0.05) is 35.9 Å². The molecule has 0 aromatic heterocycles. The molecule has 1 saturated heterocycles. The number of nitrogens with zero attached hydrogens (tertiary/aromatic N) is 1. The third-order valence-electron chi connectivity index (χ3n) is 7.76. The van der Waals surface area contributed by atoms with Gasteiger partial charge in [0.25, 0.3) is 0 Å². The first-order valence-corrected chi connectivity index (χ1v) is 14.0. The number of rotatable bonds is 9. The number of aromatic carboxylic acids is 1. The number of halogens is 4. The monoisotopic (exact) mass is 569 g/mol. The van der Waals surface area contributed by atoms with Crippen molar-refractivity contribution in [3.63, 3.8) is 0 Å². The molecule has 1 aliphatic carbocycles. The van der Waals surface area contributed by atoms with Gasteiger partial charge < -0.3 is 14.7 Å². The van der Waals surface area contributed by atoms with E-state index in [0.717, 1.165) is 42.8 Å². The molecule has 1 atom stereocenters. The number of carbonyl (C=O) groups is 1. The van der Waals surface area contributed by atoms with Gasteiger partial charge in [0.15, 0.2) is 0 Å². The van der Waals surface area contributed by atoms with Crippen LogP contribution >= 0.6 is 11.6 Å². The lowest BCUT2D eigenvalue weighted by atomic mass is 9.87. The zero-order valence-corrected chi connectivity index (χ0v) is 22.8. The summed E-state index contributed by atoms with van der Waals surface area (Å²) in [5.74, 6) is -1.41. The van der Waals surface area contributed by atoms with E-state index in [-0.39, 0.29) is 17.3 Å². The molecule has 3 aromatic carbocycles. The summed E-state index contributed by atoms with van der Waals surface area (Å²) in [6, 6.07) is 14.7. The highest BCUT2D eigenvalue weighted by Crippen LogP contribution is 2.43. The van der Waals surface area contributed by atoms with E-state index in [9.17, 15) is 18.7 Å². The minimum absolute atomic E-state index is 0.260. The van der Waals surface area contributed by atoms with Crippen LogP contribution in [0.5, 0.6) is 5.75 Å². The smallest absolute Gasteiger partial charge is 0.338 e. The van der Waals surface area contributed by atoms with E-state index in [1.807, 2.05) is 24.3 Å². The van der Waals surface area contributed by atoms with Crippen molar-refractivity contribution in [3.05, 3.63) is 99.1 Å². The average molecular weight is 570 g/mol. The van der Waals surface area contributed by atoms with E-state index in [1.165, 1.54) is 18.2 Å². The van der Waals surface area contributed by atoms with Gasteiger partial charge in [-0.05, 0) is 102 Å². The SMILES string of the molecule is O=C(O)c1ccc2c(c1F)CCCC(c1ccc(F)cc1Cl)=C2c1ccc(OC[C@H]2CCN(CCCF)C2)cc1. The average Bonchev–Trinajstić information content (AvgIpc) is 3.30. The Morgan fingerprint density at radius 3 is 2.55 bits per heavy atom. The Balaban J connectivity index is 1.48. The maximum absolute atomic E-state index is 15.4. The molecule has 8 heteroatoms. The molecule has 40 heavy (non-hydrogen) atoms. The Hall–Kier alpha value is -3.29. The van der Waals surface area contributed by atoms with E-state index in [1.54, 1.807) is 12.1 Å². The number of likely N-dealkylation sites (tertiary alicyclic amines) is 1. The highest BCUT2D eigenvalue weighted by Gasteiger charge is 2.27. The van der Waals surface area contributed by atoms with Crippen LogP contribution in [0.25, 0.3) is 11.1 Å². The number of fused-ring (bicyclic) bond motifs is 1. The molecule has 3 aromatic rings. The van der Waals surface area contributed by atoms with Gasteiger partial charge in [0.2, 0.25) is 0 Å². The van der Waals surface area contributed by atoms with Crippen LogP contribution in [0.2, 0.25) is 5.02 Å². The van der Waals surface area contributed by atoms with Gasteiger partial charge in [0, 0.05) is 19.0 Å². The Kier molecular flexibility index (Phi) is 8.81. The summed E-state index contributed by atoms with van der Waals surface area (Å²) in [7, 11) is 0. The van der Waals surface area contributed by atoms with Crippen LogP contribution in [-0.4, -0.2) is 48.9 Å². The molecule has 1 N–H and O–H groups in total. The van der Waals surface area contributed by atoms with E-state index >= 15 is 4.39 Å². The second kappa shape index (κ2) is 12.5. The molecule has 1 aliphatic heterocycles. The summed E-state index contributed by atoms with van der Waals surface area (Å²) < 4.78 is 47.9.